The Bertz CT molecular complexity index is 248. The van der Waals surface area contributed by atoms with Gasteiger partial charge in [-0.05, 0) is 18.1 Å². The average molecular weight is 371 g/mol. The Balaban J connectivity index is 3.42. The van der Waals surface area contributed by atoms with Crippen LogP contribution in [-0.2, 0) is 4.43 Å². The van der Waals surface area contributed by atoms with E-state index in [9.17, 15) is 0 Å². The average Bonchev–Trinajstić information content (AvgIpc) is 2.62. The molecular weight excluding hydrogens is 320 g/mol. The van der Waals surface area contributed by atoms with Crippen molar-refractivity contribution >= 4 is 8.32 Å². The molecule has 0 radical (unpaired) electrons. The maximum atomic E-state index is 6.07. The fourth-order valence-corrected chi connectivity index (χ4v) is 8.31. The molecule has 25 heavy (non-hydrogen) atoms. The first-order chi connectivity index (χ1) is 12.2. The molecule has 0 saturated heterocycles. The number of hydrogen-bond acceptors (Lipinski definition) is 1. The molecule has 0 amide bonds. The summed E-state index contributed by atoms with van der Waals surface area (Å²) >= 11 is 0. The van der Waals surface area contributed by atoms with Crippen LogP contribution in [0.1, 0.15) is 124 Å². The van der Waals surface area contributed by atoms with Crippen LogP contribution in [0.2, 0.25) is 18.1 Å². The van der Waals surface area contributed by atoms with Crippen LogP contribution in [-0.4, -0.2) is 15.4 Å². The van der Waals surface area contributed by atoms with Crippen molar-refractivity contribution in [3.8, 4) is 0 Å². The fraction of sp³-hybridized carbons (Fsp3) is 1.00. The van der Waals surface area contributed by atoms with Gasteiger partial charge in [0.25, 0.3) is 0 Å². The van der Waals surface area contributed by atoms with Gasteiger partial charge in [-0.2, -0.15) is 0 Å². The predicted molar refractivity (Wildman–Crippen MR) is 118 cm³/mol. The molecule has 0 heterocycles. The largest absolute Gasteiger partial charge is 0.420 e. The van der Waals surface area contributed by atoms with Gasteiger partial charge in [-0.15, -0.1) is 0 Å². The standard InChI is InChI=1S/C23H50OSi/c1-5-8-9-10-11-12-13-14-15-16-17-18-19-20-23-25(24-4,21-6-2)22-7-3/h5-23H2,1-4H3. The van der Waals surface area contributed by atoms with E-state index in [1.54, 1.807) is 0 Å². The normalized spacial score (nSPS) is 12.0. The molecule has 0 atom stereocenters. The second-order valence-electron chi connectivity index (χ2n) is 8.23. The molecule has 0 aliphatic rings. The van der Waals surface area contributed by atoms with Gasteiger partial charge in [0.1, 0.15) is 0 Å². The lowest BCUT2D eigenvalue weighted by molar-refractivity contribution is 0.384. The molecule has 0 N–H and O–H groups in total. The summed E-state index contributed by atoms with van der Waals surface area (Å²) in [5.74, 6) is 0. The first kappa shape index (κ1) is 25.2. The summed E-state index contributed by atoms with van der Waals surface area (Å²) in [6, 6.07) is 4.15. The van der Waals surface area contributed by atoms with Crippen molar-refractivity contribution in [3.63, 3.8) is 0 Å². The van der Waals surface area contributed by atoms with Crippen LogP contribution in [0.4, 0.5) is 0 Å². The van der Waals surface area contributed by atoms with Crippen molar-refractivity contribution in [3.05, 3.63) is 0 Å². The molecule has 0 bridgehead atoms. The van der Waals surface area contributed by atoms with Gasteiger partial charge in [-0.1, -0.05) is 124 Å². The zero-order chi connectivity index (χ0) is 18.6. The van der Waals surface area contributed by atoms with Crippen molar-refractivity contribution in [2.24, 2.45) is 0 Å². The third kappa shape index (κ3) is 15.0. The molecular formula is C23H50OSi. The third-order valence-electron chi connectivity index (χ3n) is 5.83. The van der Waals surface area contributed by atoms with E-state index in [0.717, 1.165) is 0 Å². The second kappa shape index (κ2) is 19.0. The summed E-state index contributed by atoms with van der Waals surface area (Å²) in [6.07, 6.45) is 22.9. The lowest BCUT2D eigenvalue weighted by atomic mass is 10.0. The van der Waals surface area contributed by atoms with E-state index in [0.29, 0.717) is 0 Å². The van der Waals surface area contributed by atoms with Gasteiger partial charge in [0.05, 0.1) is 0 Å². The van der Waals surface area contributed by atoms with E-state index < -0.39 is 8.32 Å². The Kier molecular flexibility index (Phi) is 19.1. The highest BCUT2D eigenvalue weighted by Gasteiger charge is 2.30. The molecule has 1 nitrogen and oxygen atoms in total. The molecule has 0 aromatic heterocycles. The minimum Gasteiger partial charge on any atom is -0.420 e. The molecule has 0 aliphatic heterocycles. The highest BCUT2D eigenvalue weighted by Crippen LogP contribution is 2.28. The monoisotopic (exact) mass is 370 g/mol. The minimum atomic E-state index is -1.37. The topological polar surface area (TPSA) is 9.23 Å². The maximum absolute atomic E-state index is 6.07. The summed E-state index contributed by atoms with van der Waals surface area (Å²) in [5, 5.41) is 0. The van der Waals surface area contributed by atoms with E-state index in [2.05, 4.69) is 20.8 Å². The van der Waals surface area contributed by atoms with Gasteiger partial charge in [-0.25, -0.2) is 0 Å². The van der Waals surface area contributed by atoms with Crippen LogP contribution >= 0.6 is 0 Å². The maximum Gasteiger partial charge on any atom is 0.192 e. The van der Waals surface area contributed by atoms with Gasteiger partial charge in [0, 0.05) is 7.11 Å². The lowest BCUT2D eigenvalue weighted by Gasteiger charge is -2.29. The van der Waals surface area contributed by atoms with Crippen LogP contribution in [0.5, 0.6) is 0 Å². The zero-order valence-corrected chi connectivity index (χ0v) is 19.3. The zero-order valence-electron chi connectivity index (χ0n) is 18.3. The molecule has 0 aliphatic carbocycles. The van der Waals surface area contributed by atoms with Crippen molar-refractivity contribution in [2.45, 2.75) is 142 Å². The summed E-state index contributed by atoms with van der Waals surface area (Å²) < 4.78 is 6.07. The van der Waals surface area contributed by atoms with Gasteiger partial charge in [0.2, 0.25) is 0 Å². The molecule has 0 aromatic carbocycles. The van der Waals surface area contributed by atoms with Crippen molar-refractivity contribution in [2.75, 3.05) is 7.11 Å². The predicted octanol–water partition coefficient (Wildman–Crippen LogP) is 8.88. The van der Waals surface area contributed by atoms with Crippen LogP contribution in [0.3, 0.4) is 0 Å². The van der Waals surface area contributed by atoms with Crippen LogP contribution in [0.25, 0.3) is 0 Å². The van der Waals surface area contributed by atoms with E-state index in [1.807, 2.05) is 7.11 Å². The van der Waals surface area contributed by atoms with Gasteiger partial charge >= 0.3 is 0 Å². The molecule has 152 valence electrons. The molecule has 0 rings (SSSR count). The number of hydrogen-bond donors (Lipinski definition) is 0. The quantitative estimate of drug-likeness (QED) is 0.153. The molecule has 0 saturated carbocycles. The first-order valence-electron chi connectivity index (χ1n) is 11.8. The molecule has 0 fully saturated rings. The highest BCUT2D eigenvalue weighted by molar-refractivity contribution is 6.73. The van der Waals surface area contributed by atoms with Crippen molar-refractivity contribution in [1.29, 1.82) is 0 Å². The third-order valence-corrected chi connectivity index (χ3v) is 10.8. The number of rotatable bonds is 20. The SMILES string of the molecule is CCCCCCCCCCCCCCCC[Si](CCC)(CCC)OC. The van der Waals surface area contributed by atoms with Gasteiger partial charge in [0.15, 0.2) is 8.32 Å². The smallest absolute Gasteiger partial charge is 0.192 e. The van der Waals surface area contributed by atoms with Crippen LogP contribution in [0, 0.1) is 0 Å². The van der Waals surface area contributed by atoms with Gasteiger partial charge in [-0.3, -0.25) is 0 Å². The Morgan fingerprint density at radius 2 is 0.800 bits per heavy atom. The Labute approximate surface area is 161 Å². The van der Waals surface area contributed by atoms with E-state index in [4.69, 9.17) is 4.43 Å². The summed E-state index contributed by atoms with van der Waals surface area (Å²) in [7, 11) is 0.615. The Morgan fingerprint density at radius 3 is 1.12 bits per heavy atom. The Hall–Kier alpha value is 0.177. The minimum absolute atomic E-state index is 1.30. The van der Waals surface area contributed by atoms with Gasteiger partial charge < -0.3 is 4.43 Å². The summed E-state index contributed by atoms with van der Waals surface area (Å²) in [6.45, 7) is 6.94. The number of unbranched alkanes of at least 4 members (excludes halogenated alkanes) is 13. The van der Waals surface area contributed by atoms with Crippen molar-refractivity contribution < 1.29 is 4.43 Å². The van der Waals surface area contributed by atoms with E-state index in [1.165, 1.54) is 121 Å². The molecule has 2 heteroatoms. The molecule has 0 aromatic rings. The summed E-state index contributed by atoms with van der Waals surface area (Å²) in [5.41, 5.74) is 0. The highest BCUT2D eigenvalue weighted by atomic mass is 28.4. The summed E-state index contributed by atoms with van der Waals surface area (Å²) in [4.78, 5) is 0. The van der Waals surface area contributed by atoms with Crippen LogP contribution in [0.15, 0.2) is 0 Å². The van der Waals surface area contributed by atoms with E-state index >= 15 is 0 Å². The molecule has 0 spiro atoms. The van der Waals surface area contributed by atoms with E-state index in [-0.39, 0.29) is 0 Å². The second-order valence-corrected chi connectivity index (χ2v) is 12.5. The van der Waals surface area contributed by atoms with Crippen LogP contribution < -0.4 is 0 Å². The molecule has 0 unspecified atom stereocenters. The first-order valence-corrected chi connectivity index (χ1v) is 14.3. The lowest BCUT2D eigenvalue weighted by Crippen LogP contribution is -2.36. The Morgan fingerprint density at radius 1 is 0.440 bits per heavy atom. The fourth-order valence-electron chi connectivity index (χ4n) is 4.23. The van der Waals surface area contributed by atoms with Crippen molar-refractivity contribution in [1.82, 2.24) is 0 Å².